The zero-order chi connectivity index (χ0) is 6.53. The van der Waals surface area contributed by atoms with E-state index >= 15 is 0 Å². The smallest absolute Gasteiger partial charge is 0.118 e. The minimum Gasteiger partial charge on any atom is -0.260 e. The van der Waals surface area contributed by atoms with Crippen molar-refractivity contribution < 1.29 is 0 Å². The van der Waals surface area contributed by atoms with Gasteiger partial charge in [-0.2, -0.15) is 0 Å². The average Bonchev–Trinajstić information content (AvgIpc) is 1.91. The standard InChI is InChI=1S/C6H6N2S/c1-2-9-6-5-7-3-4-8-6/h2-5H,1H2. The van der Waals surface area contributed by atoms with Crippen LogP contribution in [0.1, 0.15) is 0 Å². The van der Waals surface area contributed by atoms with Gasteiger partial charge in [-0.05, 0) is 5.41 Å². The molecule has 1 aromatic heterocycles. The van der Waals surface area contributed by atoms with E-state index < -0.39 is 0 Å². The highest BCUT2D eigenvalue weighted by molar-refractivity contribution is 8.02. The monoisotopic (exact) mass is 138 g/mol. The highest BCUT2D eigenvalue weighted by Crippen LogP contribution is 2.11. The van der Waals surface area contributed by atoms with Crippen LogP contribution in [0, 0.1) is 0 Å². The predicted molar refractivity (Wildman–Crippen MR) is 38.1 cm³/mol. The number of rotatable bonds is 2. The topological polar surface area (TPSA) is 25.8 Å². The Kier molecular flexibility index (Phi) is 2.27. The van der Waals surface area contributed by atoms with Crippen LogP contribution in [0.25, 0.3) is 0 Å². The van der Waals surface area contributed by atoms with Crippen LogP contribution in [0.4, 0.5) is 0 Å². The maximum absolute atomic E-state index is 4.00. The van der Waals surface area contributed by atoms with Crippen LogP contribution in [0.2, 0.25) is 0 Å². The van der Waals surface area contributed by atoms with Crippen molar-refractivity contribution in [1.82, 2.24) is 9.97 Å². The van der Waals surface area contributed by atoms with Gasteiger partial charge in [0.15, 0.2) is 0 Å². The summed E-state index contributed by atoms with van der Waals surface area (Å²) >= 11 is 1.47. The molecule has 0 atom stereocenters. The Bertz CT molecular complexity index is 186. The normalized spacial score (nSPS) is 8.89. The zero-order valence-electron chi connectivity index (χ0n) is 4.82. The molecule has 0 amide bonds. The summed E-state index contributed by atoms with van der Waals surface area (Å²) < 4.78 is 0. The number of hydrogen-bond acceptors (Lipinski definition) is 3. The summed E-state index contributed by atoms with van der Waals surface area (Å²) in [5.41, 5.74) is 0. The second-order valence-corrected chi connectivity index (χ2v) is 2.32. The van der Waals surface area contributed by atoms with Crippen molar-refractivity contribution in [2.75, 3.05) is 0 Å². The predicted octanol–water partition coefficient (Wildman–Crippen LogP) is 1.71. The molecule has 0 aliphatic heterocycles. The van der Waals surface area contributed by atoms with Gasteiger partial charge in [-0.3, -0.25) is 4.98 Å². The fourth-order valence-corrected chi connectivity index (χ4v) is 0.846. The molecule has 1 rings (SSSR count). The Morgan fingerprint density at radius 1 is 1.56 bits per heavy atom. The van der Waals surface area contributed by atoms with Gasteiger partial charge in [0, 0.05) is 12.4 Å². The fourth-order valence-electron chi connectivity index (χ4n) is 0.432. The first-order valence-electron chi connectivity index (χ1n) is 2.47. The van der Waals surface area contributed by atoms with Gasteiger partial charge in [-0.15, -0.1) is 0 Å². The van der Waals surface area contributed by atoms with E-state index in [1.807, 2.05) is 0 Å². The molecule has 0 N–H and O–H groups in total. The molecule has 2 nitrogen and oxygen atoms in total. The summed E-state index contributed by atoms with van der Waals surface area (Å²) in [6.45, 7) is 3.55. The maximum Gasteiger partial charge on any atom is 0.118 e. The number of hydrogen-bond donors (Lipinski definition) is 0. The van der Waals surface area contributed by atoms with Crippen LogP contribution in [-0.4, -0.2) is 9.97 Å². The Morgan fingerprint density at radius 3 is 3.00 bits per heavy atom. The lowest BCUT2D eigenvalue weighted by atomic mass is 10.8. The molecule has 0 saturated heterocycles. The molecule has 0 aliphatic rings. The molecule has 0 aromatic carbocycles. The minimum absolute atomic E-state index is 0.882. The molecular weight excluding hydrogens is 132 g/mol. The Morgan fingerprint density at radius 2 is 2.44 bits per heavy atom. The molecule has 1 aromatic rings. The highest BCUT2D eigenvalue weighted by Gasteiger charge is 1.85. The molecule has 0 spiro atoms. The number of nitrogens with zero attached hydrogens (tertiary/aromatic N) is 2. The second-order valence-electron chi connectivity index (χ2n) is 1.33. The summed E-state index contributed by atoms with van der Waals surface area (Å²) in [6, 6.07) is 0. The van der Waals surface area contributed by atoms with Crippen molar-refractivity contribution >= 4 is 11.8 Å². The van der Waals surface area contributed by atoms with Crippen molar-refractivity contribution in [1.29, 1.82) is 0 Å². The second kappa shape index (κ2) is 3.25. The van der Waals surface area contributed by atoms with Crippen molar-refractivity contribution in [3.05, 3.63) is 30.6 Å². The molecule has 3 heteroatoms. The van der Waals surface area contributed by atoms with Crippen molar-refractivity contribution in [2.24, 2.45) is 0 Å². The van der Waals surface area contributed by atoms with Crippen LogP contribution >= 0.6 is 11.8 Å². The van der Waals surface area contributed by atoms with Gasteiger partial charge < -0.3 is 0 Å². The molecule has 0 saturated carbocycles. The first-order chi connectivity index (χ1) is 4.43. The van der Waals surface area contributed by atoms with E-state index in [9.17, 15) is 0 Å². The van der Waals surface area contributed by atoms with Crippen LogP contribution in [-0.2, 0) is 0 Å². The van der Waals surface area contributed by atoms with Crippen molar-refractivity contribution in [2.45, 2.75) is 5.03 Å². The van der Waals surface area contributed by atoms with Crippen LogP contribution in [0.15, 0.2) is 35.6 Å². The van der Waals surface area contributed by atoms with E-state index in [2.05, 4.69) is 16.5 Å². The lowest BCUT2D eigenvalue weighted by molar-refractivity contribution is 1.06. The summed E-state index contributed by atoms with van der Waals surface area (Å²) in [6.07, 6.45) is 5.01. The van der Waals surface area contributed by atoms with Crippen LogP contribution < -0.4 is 0 Å². The highest BCUT2D eigenvalue weighted by atomic mass is 32.2. The minimum atomic E-state index is 0.882. The fraction of sp³-hybridized carbons (Fsp3) is 0. The largest absolute Gasteiger partial charge is 0.260 e. The van der Waals surface area contributed by atoms with E-state index in [-0.39, 0.29) is 0 Å². The third-order valence-corrected chi connectivity index (χ3v) is 1.36. The lowest BCUT2D eigenvalue weighted by Gasteiger charge is -1.88. The quantitative estimate of drug-likeness (QED) is 0.582. The van der Waals surface area contributed by atoms with Gasteiger partial charge in [-0.25, -0.2) is 4.98 Å². The van der Waals surface area contributed by atoms with Crippen LogP contribution in [0.5, 0.6) is 0 Å². The molecule has 1 heterocycles. The Balaban J connectivity index is 2.72. The molecule has 0 bridgehead atoms. The number of aromatic nitrogens is 2. The SMILES string of the molecule is C=CSc1cnccn1. The summed E-state index contributed by atoms with van der Waals surface area (Å²) in [4.78, 5) is 7.87. The summed E-state index contributed by atoms with van der Waals surface area (Å²) in [5, 5.41) is 2.61. The Labute approximate surface area is 58.0 Å². The first-order valence-corrected chi connectivity index (χ1v) is 3.35. The average molecular weight is 138 g/mol. The van der Waals surface area contributed by atoms with Gasteiger partial charge >= 0.3 is 0 Å². The lowest BCUT2D eigenvalue weighted by Crippen LogP contribution is -1.76. The van der Waals surface area contributed by atoms with Crippen LogP contribution in [0.3, 0.4) is 0 Å². The molecular formula is C6H6N2S. The third kappa shape index (κ3) is 1.85. The van der Waals surface area contributed by atoms with E-state index in [0.29, 0.717) is 0 Å². The molecule has 0 unspecified atom stereocenters. The van der Waals surface area contributed by atoms with Gasteiger partial charge in [0.2, 0.25) is 0 Å². The summed E-state index contributed by atoms with van der Waals surface area (Å²) in [7, 11) is 0. The van der Waals surface area contributed by atoms with Gasteiger partial charge in [0.25, 0.3) is 0 Å². The molecule has 0 radical (unpaired) electrons. The van der Waals surface area contributed by atoms with E-state index in [1.165, 1.54) is 11.8 Å². The summed E-state index contributed by atoms with van der Waals surface area (Å²) in [5.74, 6) is 0. The zero-order valence-corrected chi connectivity index (χ0v) is 5.64. The van der Waals surface area contributed by atoms with Gasteiger partial charge in [-0.1, -0.05) is 18.3 Å². The molecule has 9 heavy (non-hydrogen) atoms. The molecule has 46 valence electrons. The van der Waals surface area contributed by atoms with E-state index in [4.69, 9.17) is 0 Å². The van der Waals surface area contributed by atoms with E-state index in [1.54, 1.807) is 24.0 Å². The maximum atomic E-state index is 4.00. The molecule has 0 fully saturated rings. The third-order valence-electron chi connectivity index (χ3n) is 0.744. The van der Waals surface area contributed by atoms with Gasteiger partial charge in [0.1, 0.15) is 5.03 Å². The first kappa shape index (κ1) is 6.29. The van der Waals surface area contributed by atoms with Crippen molar-refractivity contribution in [3.8, 4) is 0 Å². The van der Waals surface area contributed by atoms with Gasteiger partial charge in [0.05, 0.1) is 6.20 Å². The molecule has 0 aliphatic carbocycles. The Hall–Kier alpha value is -0.830. The van der Waals surface area contributed by atoms with E-state index in [0.717, 1.165) is 5.03 Å². The number of thioether (sulfide) groups is 1. The van der Waals surface area contributed by atoms with Crippen molar-refractivity contribution in [3.63, 3.8) is 0 Å².